The van der Waals surface area contributed by atoms with Gasteiger partial charge in [-0.3, -0.25) is 0 Å². The van der Waals surface area contributed by atoms with E-state index >= 15 is 0 Å². The number of esters is 6. The van der Waals surface area contributed by atoms with Crippen molar-refractivity contribution in [2.24, 2.45) is 0 Å². The first kappa shape index (κ1) is 70.2. The third kappa shape index (κ3) is 24.4. The molecule has 7 aromatic rings. The van der Waals surface area contributed by atoms with Crippen molar-refractivity contribution in [3.8, 4) is 69.0 Å². The first-order chi connectivity index (χ1) is 45.2. The summed E-state index contributed by atoms with van der Waals surface area (Å²) in [5, 5.41) is 0. The van der Waals surface area contributed by atoms with Gasteiger partial charge in [-0.05, 0) is 0 Å². The van der Waals surface area contributed by atoms with E-state index in [1.165, 1.54) is 109 Å². The van der Waals surface area contributed by atoms with E-state index in [-0.39, 0.29) is 34.5 Å². The van der Waals surface area contributed by atoms with E-state index in [1.54, 1.807) is 146 Å². The van der Waals surface area contributed by atoms with Gasteiger partial charge in [-0.25, -0.2) is 0 Å². The number of carbonyl (C=O) groups excluding carboxylic acids is 6. The third-order valence-electron chi connectivity index (χ3n) is 11.1. The minimum atomic E-state index is -4.38. The Hall–Kier alpha value is -10.3. The van der Waals surface area contributed by atoms with Crippen molar-refractivity contribution in [3.63, 3.8) is 0 Å². The normalized spacial score (nSPS) is 11.1. The SMILES string of the molecule is C=CC=CC(=O)Oc1ccc([O][Bi]([O]c2ccc(OC(=O)C=CC=C)cc2)[c]2c[c]([Bi]([O]c3ccc(OC(=O)C=CC=C)cc3)[O]c3ccc(OC(=O)C=CC=C)cc3)c[c]([Bi]([O]c3ccc(OC(=O)C=CC=C)cc3)[O]c3ccc(OC(=O)C=CC=C)cc3)c2)cc1. The minimum absolute atomic E-state index is 0.222. The molecule has 18 nitrogen and oxygen atoms in total. The number of carbonyl (C=O) groups is 6. The molecule has 0 atom stereocenters. The molecule has 93 heavy (non-hydrogen) atoms. The molecule has 0 saturated heterocycles. The predicted octanol–water partition coefficient (Wildman–Crippen LogP) is 11.1. The standard InChI is InChI=1S/6C11H10O3.C6H3.3Bi/c6*1-2-3-4-11(13)14-10-7-5-9(12)6-8-10;1-2-4-6-5-3-1;;;/h6*2-8,12H,1H2;1,4-5H;;;/q;;;;;;;3*+2/p-6. The quantitative estimate of drug-likeness (QED) is 0.0123. The summed E-state index contributed by atoms with van der Waals surface area (Å²) in [6.45, 7) is 21.6. The van der Waals surface area contributed by atoms with Crippen LogP contribution in [0.1, 0.15) is 0 Å². The van der Waals surface area contributed by atoms with E-state index in [0.29, 0.717) is 44.3 Å². The predicted molar refractivity (Wildman–Crippen MR) is 355 cm³/mol. The van der Waals surface area contributed by atoms with E-state index in [1.807, 2.05) is 18.2 Å². The van der Waals surface area contributed by atoms with Crippen LogP contribution >= 0.6 is 0 Å². The van der Waals surface area contributed by atoms with Crippen LogP contribution in [0.4, 0.5) is 0 Å². The average molecular weight is 1840 g/mol. The number of allylic oxidation sites excluding steroid dienone is 12. The van der Waals surface area contributed by atoms with E-state index in [2.05, 4.69) is 39.5 Å². The van der Waals surface area contributed by atoms with Gasteiger partial charge in [0.1, 0.15) is 0 Å². The van der Waals surface area contributed by atoms with Crippen LogP contribution in [0, 0.1) is 0 Å². The van der Waals surface area contributed by atoms with Gasteiger partial charge in [0, 0.05) is 0 Å². The molecule has 0 spiro atoms. The Bertz CT molecular complexity index is 3330. The molecule has 0 N–H and O–H groups in total. The molecule has 0 saturated carbocycles. The van der Waals surface area contributed by atoms with Crippen LogP contribution in [0.25, 0.3) is 0 Å². The van der Waals surface area contributed by atoms with E-state index < -0.39 is 104 Å². The summed E-state index contributed by atoms with van der Waals surface area (Å²) in [6, 6.07) is 43.9. The Kier molecular flexibility index (Phi) is 28.5. The second-order valence-corrected chi connectivity index (χ2v) is 34.2. The zero-order valence-corrected chi connectivity index (χ0v) is 59.8. The first-order valence-corrected chi connectivity index (χ1v) is 41.2. The maximum atomic E-state index is 12.6. The molecule has 0 unspecified atom stereocenters. The summed E-state index contributed by atoms with van der Waals surface area (Å²) in [6.07, 6.45) is 24.7. The van der Waals surface area contributed by atoms with Crippen LogP contribution in [0.5, 0.6) is 69.0 Å². The molecule has 7 aromatic carbocycles. The fourth-order valence-electron chi connectivity index (χ4n) is 7.03. The molecular formula is C72H57Bi3O18. The van der Waals surface area contributed by atoms with Crippen LogP contribution in [-0.4, -0.2) is 104 Å². The Morgan fingerprint density at radius 3 is 0.484 bits per heavy atom. The van der Waals surface area contributed by atoms with E-state index in [0.717, 1.165) is 0 Å². The van der Waals surface area contributed by atoms with Crippen LogP contribution in [0.2, 0.25) is 0 Å². The second kappa shape index (κ2) is 37.8. The van der Waals surface area contributed by atoms with Crippen LogP contribution in [-0.2, 0) is 28.8 Å². The Morgan fingerprint density at radius 2 is 0.355 bits per heavy atom. The van der Waals surface area contributed by atoms with Crippen LogP contribution in [0.3, 0.4) is 0 Å². The summed E-state index contributed by atoms with van der Waals surface area (Å²) < 4.78 is 76.5. The molecule has 0 heterocycles. The molecule has 468 valence electrons. The van der Waals surface area contributed by atoms with Crippen molar-refractivity contribution >= 4 is 114 Å². The van der Waals surface area contributed by atoms with Crippen LogP contribution < -0.4 is 55.1 Å². The van der Waals surface area contributed by atoms with Gasteiger partial charge in [-0.15, -0.1) is 0 Å². The summed E-state index contributed by atoms with van der Waals surface area (Å²) in [5.74, 6) is -0.438. The van der Waals surface area contributed by atoms with Crippen molar-refractivity contribution in [3.05, 3.63) is 313 Å². The van der Waals surface area contributed by atoms with Gasteiger partial charge in [0.2, 0.25) is 0 Å². The molecule has 0 aliphatic rings. The summed E-state index contributed by atoms with van der Waals surface area (Å²) in [7, 11) is 0. The maximum absolute atomic E-state index is 12.6. The molecule has 0 aliphatic heterocycles. The van der Waals surface area contributed by atoms with Gasteiger partial charge in [0.15, 0.2) is 0 Å². The first-order valence-electron chi connectivity index (χ1n) is 27.5. The fourth-order valence-corrected chi connectivity index (χ4v) is 28.0. The molecule has 0 aliphatic carbocycles. The summed E-state index contributed by atoms with van der Waals surface area (Å²) >= 11 is -13.1. The number of rotatable bonds is 33. The molecular weight excluding hydrogens is 1780 g/mol. The molecule has 0 amide bonds. The molecule has 21 heteroatoms. The number of hydrogen-bond acceptors (Lipinski definition) is 18. The molecule has 0 aromatic heterocycles. The van der Waals surface area contributed by atoms with Crippen molar-refractivity contribution in [2.75, 3.05) is 0 Å². The van der Waals surface area contributed by atoms with Crippen molar-refractivity contribution in [1.29, 1.82) is 0 Å². The Labute approximate surface area is 564 Å². The summed E-state index contributed by atoms with van der Waals surface area (Å²) in [4.78, 5) is 75.4. The van der Waals surface area contributed by atoms with Gasteiger partial charge >= 0.3 is 569 Å². The molecule has 7 rings (SSSR count). The molecule has 0 fully saturated rings. The molecule has 0 bridgehead atoms. The van der Waals surface area contributed by atoms with E-state index in [9.17, 15) is 28.8 Å². The van der Waals surface area contributed by atoms with Gasteiger partial charge in [0.05, 0.1) is 0 Å². The van der Waals surface area contributed by atoms with Crippen molar-refractivity contribution in [1.82, 2.24) is 0 Å². The average Bonchev–Trinajstić information content (AvgIpc) is 0.845. The fraction of sp³-hybridized carbons (Fsp3) is 0. The van der Waals surface area contributed by atoms with Gasteiger partial charge in [0.25, 0.3) is 0 Å². The number of benzene rings is 7. The second-order valence-electron chi connectivity index (χ2n) is 18.0. The third-order valence-corrected chi connectivity index (χ3v) is 27.8. The van der Waals surface area contributed by atoms with E-state index in [4.69, 9.17) is 45.3 Å². The Balaban J connectivity index is 1.42. The van der Waals surface area contributed by atoms with Crippen molar-refractivity contribution < 1.29 is 74.1 Å². The number of ether oxygens (including phenoxy) is 6. The van der Waals surface area contributed by atoms with Gasteiger partial charge in [-0.1, -0.05) is 0 Å². The molecule has 0 radical (unpaired) electrons. The number of hydrogen-bond donors (Lipinski definition) is 0. The van der Waals surface area contributed by atoms with Gasteiger partial charge < -0.3 is 0 Å². The van der Waals surface area contributed by atoms with Gasteiger partial charge in [-0.2, -0.15) is 0 Å². The topological polar surface area (TPSA) is 213 Å². The zero-order valence-electron chi connectivity index (χ0n) is 49.4. The summed E-state index contributed by atoms with van der Waals surface area (Å²) in [5.41, 5.74) is 0. The zero-order chi connectivity index (χ0) is 66.2. The monoisotopic (exact) mass is 1840 g/mol. The van der Waals surface area contributed by atoms with Crippen LogP contribution in [0.15, 0.2) is 313 Å². The van der Waals surface area contributed by atoms with Crippen molar-refractivity contribution in [2.45, 2.75) is 0 Å². The Morgan fingerprint density at radius 1 is 0.226 bits per heavy atom.